The number of carboxylic acid groups (broad SMARTS) is 1. The van der Waals surface area contributed by atoms with Crippen molar-refractivity contribution in [1.82, 2.24) is 4.98 Å². The molecule has 0 spiro atoms. The highest BCUT2D eigenvalue weighted by molar-refractivity contribution is 9.10. The van der Waals surface area contributed by atoms with Crippen LogP contribution in [0.15, 0.2) is 47.2 Å². The average Bonchev–Trinajstić information content (AvgIpc) is 2.43. The minimum Gasteiger partial charge on any atom is -0.479 e. The highest BCUT2D eigenvalue weighted by Crippen LogP contribution is 2.30. The van der Waals surface area contributed by atoms with E-state index in [1.54, 1.807) is 43.5 Å². The zero-order valence-electron chi connectivity index (χ0n) is 10.6. The van der Waals surface area contributed by atoms with Gasteiger partial charge in [-0.15, -0.1) is 0 Å². The molecule has 20 heavy (non-hydrogen) atoms. The molecular formula is C14H12BrClN2O2. The molecule has 1 atom stereocenters. The van der Waals surface area contributed by atoms with Crippen LogP contribution in [-0.4, -0.2) is 16.1 Å². The van der Waals surface area contributed by atoms with Crippen LogP contribution in [0.1, 0.15) is 12.5 Å². The van der Waals surface area contributed by atoms with Gasteiger partial charge in [-0.25, -0.2) is 4.79 Å². The Morgan fingerprint density at radius 1 is 1.45 bits per heavy atom. The van der Waals surface area contributed by atoms with Gasteiger partial charge in [0.05, 0.1) is 5.02 Å². The van der Waals surface area contributed by atoms with E-state index in [1.165, 1.54) is 6.20 Å². The van der Waals surface area contributed by atoms with Gasteiger partial charge >= 0.3 is 5.97 Å². The third-order valence-electron chi connectivity index (χ3n) is 2.98. The Bertz CT molecular complexity index is 636. The van der Waals surface area contributed by atoms with Gasteiger partial charge in [0.2, 0.25) is 0 Å². The molecule has 0 aliphatic rings. The van der Waals surface area contributed by atoms with E-state index in [2.05, 4.69) is 26.2 Å². The topological polar surface area (TPSA) is 62.2 Å². The van der Waals surface area contributed by atoms with Crippen LogP contribution in [0.3, 0.4) is 0 Å². The number of pyridine rings is 1. The van der Waals surface area contributed by atoms with E-state index in [-0.39, 0.29) is 0 Å². The molecule has 0 amide bonds. The fourth-order valence-corrected chi connectivity index (χ4v) is 2.27. The molecule has 6 heteroatoms. The Balaban J connectivity index is 2.39. The van der Waals surface area contributed by atoms with Crippen LogP contribution in [0.4, 0.5) is 5.69 Å². The fraction of sp³-hybridized carbons (Fsp3) is 0.143. The zero-order chi connectivity index (χ0) is 14.8. The van der Waals surface area contributed by atoms with E-state index in [1.807, 2.05) is 0 Å². The molecule has 2 aromatic rings. The molecule has 0 bridgehead atoms. The first-order valence-corrected chi connectivity index (χ1v) is 6.98. The van der Waals surface area contributed by atoms with Gasteiger partial charge in [-0.3, -0.25) is 4.98 Å². The lowest BCUT2D eigenvalue weighted by Gasteiger charge is -2.27. The van der Waals surface area contributed by atoms with Crippen molar-refractivity contribution in [2.24, 2.45) is 0 Å². The van der Waals surface area contributed by atoms with Crippen LogP contribution in [0.2, 0.25) is 5.02 Å². The maximum atomic E-state index is 11.6. The highest BCUT2D eigenvalue weighted by Gasteiger charge is 2.35. The summed E-state index contributed by atoms with van der Waals surface area (Å²) in [6.07, 6.45) is 3.14. The number of anilines is 1. The molecule has 1 aromatic carbocycles. The summed E-state index contributed by atoms with van der Waals surface area (Å²) >= 11 is 9.25. The van der Waals surface area contributed by atoms with Crippen molar-refractivity contribution < 1.29 is 9.90 Å². The van der Waals surface area contributed by atoms with E-state index < -0.39 is 11.5 Å². The van der Waals surface area contributed by atoms with Crippen molar-refractivity contribution in [3.63, 3.8) is 0 Å². The van der Waals surface area contributed by atoms with Gasteiger partial charge in [-0.2, -0.15) is 0 Å². The summed E-state index contributed by atoms with van der Waals surface area (Å²) in [5.41, 5.74) is -0.0600. The Kier molecular flexibility index (Phi) is 4.30. The molecule has 104 valence electrons. The smallest absolute Gasteiger partial charge is 0.333 e. The van der Waals surface area contributed by atoms with Crippen molar-refractivity contribution in [3.05, 3.63) is 57.8 Å². The summed E-state index contributed by atoms with van der Waals surface area (Å²) in [5.74, 6) is -0.989. The lowest BCUT2D eigenvalue weighted by atomic mass is 9.93. The third-order valence-corrected chi connectivity index (χ3v) is 4.19. The molecule has 0 radical (unpaired) electrons. The van der Waals surface area contributed by atoms with Crippen LogP contribution in [0.5, 0.6) is 0 Å². The first kappa shape index (κ1) is 14.8. The second-order valence-electron chi connectivity index (χ2n) is 4.43. The van der Waals surface area contributed by atoms with E-state index in [0.717, 1.165) is 0 Å². The van der Waals surface area contributed by atoms with Crippen molar-refractivity contribution in [2.45, 2.75) is 12.5 Å². The second kappa shape index (κ2) is 5.81. The monoisotopic (exact) mass is 354 g/mol. The van der Waals surface area contributed by atoms with Crippen molar-refractivity contribution >= 4 is 39.2 Å². The number of carboxylic acids is 1. The SMILES string of the molecule is CC(Nc1ccc(Cl)c(Br)c1)(C(=O)O)c1cccnc1. The summed E-state index contributed by atoms with van der Waals surface area (Å²) in [7, 11) is 0. The lowest BCUT2D eigenvalue weighted by molar-refractivity contribution is -0.142. The number of aliphatic carboxylic acids is 1. The summed E-state index contributed by atoms with van der Waals surface area (Å²) < 4.78 is 0.697. The first-order chi connectivity index (χ1) is 9.43. The summed E-state index contributed by atoms with van der Waals surface area (Å²) in [6.45, 7) is 1.59. The number of halogens is 2. The maximum absolute atomic E-state index is 11.6. The Hall–Kier alpha value is -1.59. The van der Waals surface area contributed by atoms with Crippen LogP contribution in [0.25, 0.3) is 0 Å². The van der Waals surface area contributed by atoms with Gasteiger partial charge < -0.3 is 10.4 Å². The number of benzene rings is 1. The van der Waals surface area contributed by atoms with Crippen LogP contribution in [-0.2, 0) is 10.3 Å². The Labute approximate surface area is 129 Å². The molecule has 0 saturated carbocycles. The molecule has 0 aliphatic carbocycles. The lowest BCUT2D eigenvalue weighted by Crippen LogP contribution is -2.40. The van der Waals surface area contributed by atoms with E-state index in [4.69, 9.17) is 11.6 Å². The largest absolute Gasteiger partial charge is 0.479 e. The predicted octanol–water partition coefficient (Wildman–Crippen LogP) is 3.91. The van der Waals surface area contributed by atoms with Gasteiger partial charge in [0.1, 0.15) is 0 Å². The number of nitrogens with zero attached hydrogens (tertiary/aromatic N) is 1. The Morgan fingerprint density at radius 3 is 2.75 bits per heavy atom. The molecule has 4 nitrogen and oxygen atoms in total. The molecule has 2 rings (SSSR count). The predicted molar refractivity (Wildman–Crippen MR) is 82.0 cm³/mol. The van der Waals surface area contributed by atoms with Gasteiger partial charge in [-0.1, -0.05) is 17.7 Å². The quantitative estimate of drug-likeness (QED) is 0.873. The molecule has 1 aromatic heterocycles. The van der Waals surface area contributed by atoms with Crippen LogP contribution < -0.4 is 5.32 Å². The number of nitrogens with one attached hydrogen (secondary N) is 1. The van der Waals surface area contributed by atoms with Crippen LogP contribution in [0, 0.1) is 0 Å². The number of carbonyl (C=O) groups is 1. The number of aromatic nitrogens is 1. The van der Waals surface area contributed by atoms with E-state index >= 15 is 0 Å². The zero-order valence-corrected chi connectivity index (χ0v) is 12.9. The third kappa shape index (κ3) is 2.94. The highest BCUT2D eigenvalue weighted by atomic mass is 79.9. The minimum absolute atomic E-state index is 0.564. The molecule has 0 aliphatic heterocycles. The van der Waals surface area contributed by atoms with E-state index in [0.29, 0.717) is 20.7 Å². The first-order valence-electron chi connectivity index (χ1n) is 5.80. The van der Waals surface area contributed by atoms with Crippen molar-refractivity contribution in [2.75, 3.05) is 5.32 Å². The molecule has 1 unspecified atom stereocenters. The van der Waals surface area contributed by atoms with Gasteiger partial charge in [0.15, 0.2) is 5.54 Å². The number of hydrogen-bond acceptors (Lipinski definition) is 3. The second-order valence-corrected chi connectivity index (χ2v) is 5.69. The number of rotatable bonds is 4. The standard InChI is InChI=1S/C14H12BrClN2O2/c1-14(13(19)20,9-3-2-6-17-8-9)18-10-4-5-12(16)11(15)7-10/h2-8,18H,1H3,(H,19,20). The molecule has 0 fully saturated rings. The van der Waals surface area contributed by atoms with E-state index in [9.17, 15) is 9.90 Å². The summed E-state index contributed by atoms with van der Waals surface area (Å²) in [4.78, 5) is 15.6. The molecule has 0 saturated heterocycles. The molecular weight excluding hydrogens is 344 g/mol. The van der Waals surface area contributed by atoms with Gasteiger partial charge in [0, 0.05) is 28.1 Å². The normalized spacial score (nSPS) is 13.6. The van der Waals surface area contributed by atoms with Crippen molar-refractivity contribution in [3.8, 4) is 0 Å². The summed E-state index contributed by atoms with van der Waals surface area (Å²) in [6, 6.07) is 8.58. The Morgan fingerprint density at radius 2 is 2.20 bits per heavy atom. The average molecular weight is 356 g/mol. The van der Waals surface area contributed by atoms with Crippen molar-refractivity contribution in [1.29, 1.82) is 0 Å². The van der Waals surface area contributed by atoms with Gasteiger partial charge in [-0.05, 0) is 47.1 Å². The van der Waals surface area contributed by atoms with Crippen LogP contribution >= 0.6 is 27.5 Å². The molecule has 1 heterocycles. The number of hydrogen-bond donors (Lipinski definition) is 2. The molecule has 2 N–H and O–H groups in total. The summed E-state index contributed by atoms with van der Waals surface area (Å²) in [5, 5.41) is 13.1. The maximum Gasteiger partial charge on any atom is 0.333 e. The van der Waals surface area contributed by atoms with Gasteiger partial charge in [0.25, 0.3) is 0 Å². The minimum atomic E-state index is -1.28. The fourth-order valence-electron chi connectivity index (χ4n) is 1.77.